The molecule has 122 valence electrons. The molecule has 3 aromatic rings. The molecule has 0 bridgehead atoms. The molecule has 3 heteroatoms. The van der Waals surface area contributed by atoms with Gasteiger partial charge in [-0.3, -0.25) is 4.90 Å². The van der Waals surface area contributed by atoms with Crippen LogP contribution in [-0.4, -0.2) is 22.6 Å². The summed E-state index contributed by atoms with van der Waals surface area (Å²) in [5, 5.41) is 0. The summed E-state index contributed by atoms with van der Waals surface area (Å²) < 4.78 is 8.17. The molecule has 0 N–H and O–H groups in total. The zero-order valence-electron chi connectivity index (χ0n) is 13.9. The van der Waals surface area contributed by atoms with Crippen LogP contribution in [0, 0.1) is 6.92 Å². The maximum absolute atomic E-state index is 6.00. The first kappa shape index (κ1) is 15.2. The minimum absolute atomic E-state index is 0.0388. The van der Waals surface area contributed by atoms with E-state index in [2.05, 4.69) is 89.4 Å². The van der Waals surface area contributed by atoms with E-state index in [1.807, 2.05) is 0 Å². The van der Waals surface area contributed by atoms with Gasteiger partial charge in [0.1, 0.15) is 6.23 Å². The second-order valence-electron chi connectivity index (χ2n) is 6.37. The summed E-state index contributed by atoms with van der Waals surface area (Å²) in [5.41, 5.74) is 4.99. The van der Waals surface area contributed by atoms with Crippen molar-refractivity contribution >= 4 is 0 Å². The first-order valence-corrected chi connectivity index (χ1v) is 8.44. The molecule has 1 aliphatic heterocycles. The van der Waals surface area contributed by atoms with Gasteiger partial charge in [0.05, 0.1) is 6.61 Å². The first-order valence-electron chi connectivity index (χ1n) is 8.44. The van der Waals surface area contributed by atoms with Gasteiger partial charge in [-0.15, -0.1) is 0 Å². The van der Waals surface area contributed by atoms with Crippen molar-refractivity contribution in [1.29, 1.82) is 0 Å². The van der Waals surface area contributed by atoms with Gasteiger partial charge in [0.15, 0.2) is 0 Å². The van der Waals surface area contributed by atoms with E-state index in [4.69, 9.17) is 4.74 Å². The fraction of sp³-hybridized carbons (Fsp3) is 0.238. The SMILES string of the molecule is Cc1ccc(-n2ccc(C3OCCN3Cc3ccccc3)c2)cc1. The van der Waals surface area contributed by atoms with Crippen LogP contribution in [-0.2, 0) is 11.3 Å². The van der Waals surface area contributed by atoms with Gasteiger partial charge in [-0.05, 0) is 30.7 Å². The largest absolute Gasteiger partial charge is 0.357 e. The lowest BCUT2D eigenvalue weighted by atomic mass is 10.2. The maximum atomic E-state index is 6.00. The van der Waals surface area contributed by atoms with Gasteiger partial charge in [0.25, 0.3) is 0 Å². The molecule has 0 amide bonds. The Morgan fingerprint density at radius 3 is 2.58 bits per heavy atom. The third-order valence-corrected chi connectivity index (χ3v) is 4.55. The van der Waals surface area contributed by atoms with Crippen LogP contribution in [0.5, 0.6) is 0 Å². The fourth-order valence-electron chi connectivity index (χ4n) is 3.23. The molecule has 1 aliphatic rings. The van der Waals surface area contributed by atoms with E-state index >= 15 is 0 Å². The van der Waals surface area contributed by atoms with Crippen LogP contribution in [0.3, 0.4) is 0 Å². The molecule has 2 aromatic carbocycles. The summed E-state index contributed by atoms with van der Waals surface area (Å²) in [6.07, 6.45) is 4.33. The molecule has 3 nitrogen and oxygen atoms in total. The van der Waals surface area contributed by atoms with E-state index in [0.29, 0.717) is 0 Å². The van der Waals surface area contributed by atoms with Crippen molar-refractivity contribution in [2.75, 3.05) is 13.2 Å². The Morgan fingerprint density at radius 2 is 1.79 bits per heavy atom. The molecule has 2 heterocycles. The lowest BCUT2D eigenvalue weighted by Crippen LogP contribution is -2.23. The van der Waals surface area contributed by atoms with Crippen molar-refractivity contribution < 1.29 is 4.74 Å². The number of nitrogens with zero attached hydrogens (tertiary/aromatic N) is 2. The molecular formula is C21H22N2O. The monoisotopic (exact) mass is 318 g/mol. The molecule has 1 fully saturated rings. The van der Waals surface area contributed by atoms with E-state index in [0.717, 1.165) is 19.7 Å². The average Bonchev–Trinajstić information content (AvgIpc) is 3.25. The average molecular weight is 318 g/mol. The highest BCUT2D eigenvalue weighted by Gasteiger charge is 2.27. The van der Waals surface area contributed by atoms with Gasteiger partial charge in [0.2, 0.25) is 0 Å². The smallest absolute Gasteiger partial charge is 0.138 e. The summed E-state index contributed by atoms with van der Waals surface area (Å²) in [6.45, 7) is 4.78. The molecule has 1 atom stereocenters. The minimum Gasteiger partial charge on any atom is -0.357 e. The Kier molecular flexibility index (Phi) is 4.20. The standard InChI is InChI=1S/C21H22N2O/c1-17-7-9-20(10-8-17)22-12-11-19(16-22)21-23(13-14-24-21)15-18-5-3-2-4-6-18/h2-12,16,21H,13-15H2,1H3. The quantitative estimate of drug-likeness (QED) is 0.713. The number of hydrogen-bond acceptors (Lipinski definition) is 2. The predicted molar refractivity (Wildman–Crippen MR) is 96.1 cm³/mol. The fourth-order valence-corrected chi connectivity index (χ4v) is 3.23. The van der Waals surface area contributed by atoms with Gasteiger partial charge in [-0.2, -0.15) is 0 Å². The molecule has 1 aromatic heterocycles. The van der Waals surface area contributed by atoms with Crippen LogP contribution in [0.1, 0.15) is 22.9 Å². The third-order valence-electron chi connectivity index (χ3n) is 4.55. The van der Waals surface area contributed by atoms with Crippen LogP contribution in [0.15, 0.2) is 73.1 Å². The van der Waals surface area contributed by atoms with Crippen molar-refractivity contribution in [3.05, 3.63) is 89.7 Å². The van der Waals surface area contributed by atoms with Crippen LogP contribution >= 0.6 is 0 Å². The van der Waals surface area contributed by atoms with Gasteiger partial charge in [0, 0.05) is 36.7 Å². The highest BCUT2D eigenvalue weighted by molar-refractivity contribution is 5.36. The Bertz CT molecular complexity index is 792. The molecule has 0 spiro atoms. The first-order chi connectivity index (χ1) is 11.8. The second kappa shape index (κ2) is 6.63. The normalized spacial score (nSPS) is 18.1. The molecule has 24 heavy (non-hydrogen) atoms. The van der Waals surface area contributed by atoms with E-state index in [9.17, 15) is 0 Å². The van der Waals surface area contributed by atoms with Crippen LogP contribution in [0.2, 0.25) is 0 Å². The molecule has 1 unspecified atom stereocenters. The Labute approximate surface area is 143 Å². The number of hydrogen-bond donors (Lipinski definition) is 0. The number of rotatable bonds is 4. The van der Waals surface area contributed by atoms with Crippen molar-refractivity contribution in [3.63, 3.8) is 0 Å². The lowest BCUT2D eigenvalue weighted by Gasteiger charge is -2.22. The number of benzene rings is 2. The predicted octanol–water partition coefficient (Wildman–Crippen LogP) is 4.32. The maximum Gasteiger partial charge on any atom is 0.138 e. The summed E-state index contributed by atoms with van der Waals surface area (Å²) in [4.78, 5) is 2.39. The molecular weight excluding hydrogens is 296 g/mol. The summed E-state index contributed by atoms with van der Waals surface area (Å²) in [7, 11) is 0. The third kappa shape index (κ3) is 3.14. The van der Waals surface area contributed by atoms with E-state index in [-0.39, 0.29) is 6.23 Å². The van der Waals surface area contributed by atoms with Crippen LogP contribution < -0.4 is 0 Å². The second-order valence-corrected chi connectivity index (χ2v) is 6.37. The number of aryl methyl sites for hydroxylation is 1. The van der Waals surface area contributed by atoms with Crippen molar-refractivity contribution in [3.8, 4) is 5.69 Å². The highest BCUT2D eigenvalue weighted by atomic mass is 16.5. The minimum atomic E-state index is 0.0388. The number of ether oxygens (including phenoxy) is 1. The topological polar surface area (TPSA) is 17.4 Å². The van der Waals surface area contributed by atoms with Crippen LogP contribution in [0.4, 0.5) is 0 Å². The van der Waals surface area contributed by atoms with E-state index in [1.54, 1.807) is 0 Å². The molecule has 0 saturated carbocycles. The van der Waals surface area contributed by atoms with Gasteiger partial charge in [-0.1, -0.05) is 48.0 Å². The molecule has 1 saturated heterocycles. The van der Waals surface area contributed by atoms with E-state index in [1.165, 1.54) is 22.4 Å². The Morgan fingerprint density at radius 1 is 1.00 bits per heavy atom. The van der Waals surface area contributed by atoms with Gasteiger partial charge in [-0.25, -0.2) is 0 Å². The molecule has 0 radical (unpaired) electrons. The van der Waals surface area contributed by atoms with Crippen molar-refractivity contribution in [2.45, 2.75) is 19.7 Å². The number of aromatic nitrogens is 1. The summed E-state index contributed by atoms with van der Waals surface area (Å²) in [5.74, 6) is 0. The van der Waals surface area contributed by atoms with Crippen molar-refractivity contribution in [1.82, 2.24) is 9.47 Å². The summed E-state index contributed by atoms with van der Waals surface area (Å²) in [6, 6.07) is 21.3. The lowest BCUT2D eigenvalue weighted by molar-refractivity contribution is 0.0288. The van der Waals surface area contributed by atoms with Gasteiger partial charge < -0.3 is 9.30 Å². The zero-order chi connectivity index (χ0) is 16.4. The van der Waals surface area contributed by atoms with E-state index < -0.39 is 0 Å². The van der Waals surface area contributed by atoms with Gasteiger partial charge >= 0.3 is 0 Å². The Balaban J connectivity index is 1.53. The highest BCUT2D eigenvalue weighted by Crippen LogP contribution is 2.29. The molecule has 4 rings (SSSR count). The zero-order valence-corrected chi connectivity index (χ0v) is 13.9. The van der Waals surface area contributed by atoms with Crippen LogP contribution in [0.25, 0.3) is 5.69 Å². The Hall–Kier alpha value is -2.36. The summed E-state index contributed by atoms with van der Waals surface area (Å²) >= 11 is 0. The van der Waals surface area contributed by atoms with Crippen molar-refractivity contribution in [2.24, 2.45) is 0 Å². The molecule has 0 aliphatic carbocycles.